The minimum atomic E-state index is -0.692. The van der Waals surface area contributed by atoms with Crippen molar-refractivity contribution in [3.63, 3.8) is 0 Å². The number of carbonyl (C=O) groups excluding carboxylic acids is 1. The number of phenolic OH excluding ortho intramolecular Hbond substituents is 1. The number of phenols is 1. The topological polar surface area (TPSA) is 40.5 Å². The summed E-state index contributed by atoms with van der Waals surface area (Å²) in [6.45, 7) is 1.10. The molecule has 1 fully saturated rings. The van der Waals surface area contributed by atoms with Crippen LogP contribution in [0.15, 0.2) is 18.2 Å². The number of hydrogen-bond acceptors (Lipinski definition) is 2. The summed E-state index contributed by atoms with van der Waals surface area (Å²) in [5.74, 6) is -1.22. The summed E-state index contributed by atoms with van der Waals surface area (Å²) in [5, 5.41) is 9.18. The van der Waals surface area contributed by atoms with E-state index < -0.39 is 5.82 Å². The smallest absolute Gasteiger partial charge is 0.256 e. The highest BCUT2D eigenvalue weighted by molar-refractivity contribution is 6.20. The van der Waals surface area contributed by atoms with Crippen molar-refractivity contribution in [2.75, 3.05) is 13.1 Å². The molecule has 0 unspecified atom stereocenters. The number of alkyl halides is 1. The number of carbonyl (C=O) groups is 1. The van der Waals surface area contributed by atoms with E-state index in [-0.39, 0.29) is 22.6 Å². The summed E-state index contributed by atoms with van der Waals surface area (Å²) in [7, 11) is 0. The molecule has 0 saturated carbocycles. The fourth-order valence-electron chi connectivity index (χ4n) is 1.90. The quantitative estimate of drug-likeness (QED) is 0.785. The Kier molecular flexibility index (Phi) is 3.52. The average Bonchev–Trinajstić information content (AvgIpc) is 2.29. The molecule has 5 heteroatoms. The van der Waals surface area contributed by atoms with Crippen molar-refractivity contribution in [2.24, 2.45) is 0 Å². The zero-order chi connectivity index (χ0) is 12.4. The molecule has 1 saturated heterocycles. The molecule has 0 radical (unpaired) electrons. The number of likely N-dealkylation sites (tertiary alicyclic amines) is 1. The predicted octanol–water partition coefficient (Wildman–Crippen LogP) is 2.37. The highest BCUT2D eigenvalue weighted by atomic mass is 35.5. The van der Waals surface area contributed by atoms with E-state index in [2.05, 4.69) is 0 Å². The van der Waals surface area contributed by atoms with Crippen LogP contribution in [0.2, 0.25) is 0 Å². The van der Waals surface area contributed by atoms with Gasteiger partial charge in [-0.05, 0) is 25.0 Å². The van der Waals surface area contributed by atoms with Crippen LogP contribution in [0.4, 0.5) is 4.39 Å². The molecule has 2 rings (SSSR count). The van der Waals surface area contributed by atoms with Gasteiger partial charge in [0.25, 0.3) is 5.91 Å². The SMILES string of the molecule is O=C(c1ccc(O)cc1F)N1CCC(Cl)CC1. The molecule has 0 atom stereocenters. The van der Waals surface area contributed by atoms with Crippen molar-refractivity contribution >= 4 is 17.5 Å². The van der Waals surface area contributed by atoms with Crippen molar-refractivity contribution in [1.82, 2.24) is 4.90 Å². The third-order valence-corrected chi connectivity index (χ3v) is 3.33. The summed E-state index contributed by atoms with van der Waals surface area (Å²) in [6.07, 6.45) is 1.46. The first-order valence-corrected chi connectivity index (χ1v) is 5.93. The minimum absolute atomic E-state index is 0.00387. The molecule has 1 amide bonds. The summed E-state index contributed by atoms with van der Waals surface area (Å²) in [5.41, 5.74) is -0.00387. The number of hydrogen-bond donors (Lipinski definition) is 1. The van der Waals surface area contributed by atoms with E-state index >= 15 is 0 Å². The van der Waals surface area contributed by atoms with Crippen LogP contribution in [0.5, 0.6) is 5.75 Å². The van der Waals surface area contributed by atoms with Crippen LogP contribution in [0, 0.1) is 5.82 Å². The van der Waals surface area contributed by atoms with Crippen LogP contribution >= 0.6 is 11.6 Å². The van der Waals surface area contributed by atoms with Gasteiger partial charge in [0.05, 0.1) is 5.56 Å². The Morgan fingerprint density at radius 1 is 1.41 bits per heavy atom. The average molecular weight is 258 g/mol. The molecule has 1 aliphatic heterocycles. The minimum Gasteiger partial charge on any atom is -0.508 e. The van der Waals surface area contributed by atoms with E-state index in [4.69, 9.17) is 16.7 Å². The number of benzene rings is 1. The lowest BCUT2D eigenvalue weighted by Crippen LogP contribution is -2.39. The first kappa shape index (κ1) is 12.2. The second-order valence-corrected chi connectivity index (χ2v) is 4.75. The van der Waals surface area contributed by atoms with Gasteiger partial charge in [-0.1, -0.05) is 0 Å². The lowest BCUT2D eigenvalue weighted by molar-refractivity contribution is 0.0721. The maximum absolute atomic E-state index is 13.5. The lowest BCUT2D eigenvalue weighted by atomic mass is 10.1. The number of piperidine rings is 1. The molecule has 1 aromatic carbocycles. The van der Waals surface area contributed by atoms with Gasteiger partial charge in [0, 0.05) is 24.5 Å². The molecular weight excluding hydrogens is 245 g/mol. The van der Waals surface area contributed by atoms with Gasteiger partial charge in [-0.2, -0.15) is 0 Å². The summed E-state index contributed by atoms with van der Waals surface area (Å²) < 4.78 is 13.5. The van der Waals surface area contributed by atoms with Crippen LogP contribution in [0.3, 0.4) is 0 Å². The molecule has 3 nitrogen and oxygen atoms in total. The fraction of sp³-hybridized carbons (Fsp3) is 0.417. The third-order valence-electron chi connectivity index (χ3n) is 2.89. The lowest BCUT2D eigenvalue weighted by Gasteiger charge is -2.29. The summed E-state index contributed by atoms with van der Waals surface area (Å²) in [4.78, 5) is 13.6. The van der Waals surface area contributed by atoms with Crippen LogP contribution in [0.25, 0.3) is 0 Å². The van der Waals surface area contributed by atoms with Crippen molar-refractivity contribution in [3.05, 3.63) is 29.6 Å². The van der Waals surface area contributed by atoms with E-state index in [9.17, 15) is 9.18 Å². The molecule has 92 valence electrons. The molecule has 17 heavy (non-hydrogen) atoms. The normalized spacial score (nSPS) is 17.2. The Bertz CT molecular complexity index is 431. The van der Waals surface area contributed by atoms with E-state index in [1.165, 1.54) is 12.1 Å². The molecule has 1 aromatic rings. The fourth-order valence-corrected chi connectivity index (χ4v) is 2.09. The Labute approximate surface area is 104 Å². The molecule has 1 aliphatic rings. The number of aromatic hydroxyl groups is 1. The van der Waals surface area contributed by atoms with Gasteiger partial charge in [-0.25, -0.2) is 4.39 Å². The number of nitrogens with zero attached hydrogens (tertiary/aromatic N) is 1. The van der Waals surface area contributed by atoms with Gasteiger partial charge < -0.3 is 10.0 Å². The Morgan fingerprint density at radius 3 is 2.65 bits per heavy atom. The zero-order valence-electron chi connectivity index (χ0n) is 9.20. The molecule has 0 spiro atoms. The van der Waals surface area contributed by atoms with Crippen LogP contribution in [0.1, 0.15) is 23.2 Å². The molecule has 0 aliphatic carbocycles. The zero-order valence-corrected chi connectivity index (χ0v) is 9.95. The Hall–Kier alpha value is -1.29. The van der Waals surface area contributed by atoms with Crippen molar-refractivity contribution in [2.45, 2.75) is 18.2 Å². The van der Waals surface area contributed by atoms with Crippen molar-refractivity contribution < 1.29 is 14.3 Å². The first-order chi connectivity index (χ1) is 8.08. The molecular formula is C12H13ClFNO2. The van der Waals surface area contributed by atoms with Crippen molar-refractivity contribution in [3.8, 4) is 5.75 Å². The highest BCUT2D eigenvalue weighted by Gasteiger charge is 2.24. The Balaban J connectivity index is 2.14. The van der Waals surface area contributed by atoms with Gasteiger partial charge in [0.15, 0.2) is 0 Å². The molecule has 1 N–H and O–H groups in total. The van der Waals surface area contributed by atoms with Gasteiger partial charge in [-0.3, -0.25) is 4.79 Å². The highest BCUT2D eigenvalue weighted by Crippen LogP contribution is 2.20. The van der Waals surface area contributed by atoms with E-state index in [0.717, 1.165) is 18.9 Å². The van der Waals surface area contributed by atoms with E-state index in [0.29, 0.717) is 13.1 Å². The molecule has 1 heterocycles. The molecule has 0 bridgehead atoms. The van der Waals surface area contributed by atoms with Gasteiger partial charge >= 0.3 is 0 Å². The first-order valence-electron chi connectivity index (χ1n) is 5.50. The van der Waals surface area contributed by atoms with E-state index in [1.54, 1.807) is 4.90 Å². The van der Waals surface area contributed by atoms with Crippen LogP contribution in [-0.4, -0.2) is 34.4 Å². The molecule has 0 aromatic heterocycles. The number of halogens is 2. The van der Waals surface area contributed by atoms with Gasteiger partial charge in [0.1, 0.15) is 11.6 Å². The predicted molar refractivity (Wildman–Crippen MR) is 62.8 cm³/mol. The van der Waals surface area contributed by atoms with E-state index in [1.807, 2.05) is 0 Å². The standard InChI is InChI=1S/C12H13ClFNO2/c13-8-3-5-15(6-4-8)12(17)10-2-1-9(16)7-11(10)14/h1-2,7-8,16H,3-6H2. The van der Waals surface area contributed by atoms with Crippen LogP contribution < -0.4 is 0 Å². The monoisotopic (exact) mass is 257 g/mol. The maximum atomic E-state index is 13.5. The largest absolute Gasteiger partial charge is 0.508 e. The van der Waals surface area contributed by atoms with Gasteiger partial charge in [-0.15, -0.1) is 11.6 Å². The summed E-state index contributed by atoms with van der Waals surface area (Å²) in [6, 6.07) is 3.56. The Morgan fingerprint density at radius 2 is 2.06 bits per heavy atom. The second kappa shape index (κ2) is 4.92. The second-order valence-electron chi connectivity index (χ2n) is 4.13. The summed E-state index contributed by atoms with van der Waals surface area (Å²) >= 11 is 5.94. The number of rotatable bonds is 1. The maximum Gasteiger partial charge on any atom is 0.256 e. The third kappa shape index (κ3) is 2.69. The van der Waals surface area contributed by atoms with Crippen molar-refractivity contribution in [1.29, 1.82) is 0 Å². The number of amides is 1. The van der Waals surface area contributed by atoms with Gasteiger partial charge in [0.2, 0.25) is 0 Å². The van der Waals surface area contributed by atoms with Crippen LogP contribution in [-0.2, 0) is 0 Å².